The average molecular weight is 396 g/mol. The van der Waals surface area contributed by atoms with Crippen LogP contribution in [0.1, 0.15) is 65.0 Å². The van der Waals surface area contributed by atoms with Crippen LogP contribution >= 0.6 is 0 Å². The molecule has 0 radical (unpaired) electrons. The van der Waals surface area contributed by atoms with Crippen molar-refractivity contribution in [2.45, 2.75) is 71.9 Å². The highest BCUT2D eigenvalue weighted by atomic mass is 16.4. The van der Waals surface area contributed by atoms with E-state index >= 15 is 0 Å². The number of nitrogens with zero attached hydrogens (tertiary/aromatic N) is 4. The SMILES string of the molecule is CC(C)(C)c1cc(-c2nnc(CNCCCn3ccnc3)o2)cc(C(C)(C)C)c1. The van der Waals surface area contributed by atoms with Crippen molar-refractivity contribution in [3.05, 3.63) is 53.9 Å². The predicted molar refractivity (Wildman–Crippen MR) is 116 cm³/mol. The molecule has 0 saturated carbocycles. The first kappa shape index (κ1) is 21.2. The molecule has 0 aliphatic carbocycles. The Morgan fingerprint density at radius 1 is 0.966 bits per heavy atom. The fraction of sp³-hybridized carbons (Fsp3) is 0.522. The number of aromatic nitrogens is 4. The maximum Gasteiger partial charge on any atom is 0.247 e. The van der Waals surface area contributed by atoms with E-state index in [-0.39, 0.29) is 10.8 Å². The van der Waals surface area contributed by atoms with E-state index in [9.17, 15) is 0 Å². The van der Waals surface area contributed by atoms with E-state index in [4.69, 9.17) is 4.42 Å². The molecule has 0 aliphatic rings. The van der Waals surface area contributed by atoms with Crippen LogP contribution in [0.2, 0.25) is 0 Å². The summed E-state index contributed by atoms with van der Waals surface area (Å²) in [5.41, 5.74) is 3.64. The van der Waals surface area contributed by atoms with Gasteiger partial charge in [0.1, 0.15) is 0 Å². The van der Waals surface area contributed by atoms with Crippen LogP contribution in [0.3, 0.4) is 0 Å². The number of rotatable bonds is 7. The first-order valence-electron chi connectivity index (χ1n) is 10.3. The molecule has 0 bridgehead atoms. The van der Waals surface area contributed by atoms with Gasteiger partial charge in [-0.2, -0.15) is 0 Å². The predicted octanol–water partition coefficient (Wildman–Crippen LogP) is 4.71. The van der Waals surface area contributed by atoms with E-state index in [1.54, 1.807) is 6.20 Å². The van der Waals surface area contributed by atoms with E-state index in [0.29, 0.717) is 18.3 Å². The van der Waals surface area contributed by atoms with Gasteiger partial charge in [-0.15, -0.1) is 10.2 Å². The van der Waals surface area contributed by atoms with Crippen molar-refractivity contribution in [2.24, 2.45) is 0 Å². The zero-order valence-corrected chi connectivity index (χ0v) is 18.5. The molecule has 3 aromatic rings. The van der Waals surface area contributed by atoms with Gasteiger partial charge in [-0.1, -0.05) is 47.6 Å². The Bertz CT molecular complexity index is 881. The largest absolute Gasteiger partial charge is 0.419 e. The molecular weight excluding hydrogens is 362 g/mol. The second-order valence-electron chi connectivity index (χ2n) is 9.63. The van der Waals surface area contributed by atoms with E-state index < -0.39 is 0 Å². The lowest BCUT2D eigenvalue weighted by Gasteiger charge is -2.25. The zero-order valence-electron chi connectivity index (χ0n) is 18.5. The normalized spacial score (nSPS) is 12.5. The smallest absolute Gasteiger partial charge is 0.247 e. The number of imidazole rings is 1. The molecule has 0 saturated heterocycles. The monoisotopic (exact) mass is 395 g/mol. The van der Waals surface area contributed by atoms with Crippen molar-refractivity contribution in [1.29, 1.82) is 0 Å². The topological polar surface area (TPSA) is 68.8 Å². The third kappa shape index (κ3) is 5.76. The first-order chi connectivity index (χ1) is 13.6. The molecule has 1 aromatic carbocycles. The maximum absolute atomic E-state index is 5.96. The molecule has 0 aliphatic heterocycles. The van der Waals surface area contributed by atoms with Crippen LogP contribution in [0.15, 0.2) is 41.3 Å². The summed E-state index contributed by atoms with van der Waals surface area (Å²) in [5, 5.41) is 11.9. The molecule has 0 atom stereocenters. The van der Waals surface area contributed by atoms with Crippen LogP contribution in [0.4, 0.5) is 0 Å². The summed E-state index contributed by atoms with van der Waals surface area (Å²) < 4.78 is 8.03. The van der Waals surface area contributed by atoms with E-state index in [0.717, 1.165) is 25.1 Å². The lowest BCUT2D eigenvalue weighted by Crippen LogP contribution is -2.16. The second kappa shape index (κ2) is 8.49. The third-order valence-electron chi connectivity index (χ3n) is 4.98. The molecule has 3 rings (SSSR count). The van der Waals surface area contributed by atoms with Crippen LogP contribution in [0.25, 0.3) is 11.5 Å². The summed E-state index contributed by atoms with van der Waals surface area (Å²) in [4.78, 5) is 4.05. The Morgan fingerprint density at radius 3 is 2.24 bits per heavy atom. The minimum absolute atomic E-state index is 0.0512. The Labute approximate surface area is 173 Å². The van der Waals surface area contributed by atoms with Crippen LogP contribution in [-0.2, 0) is 23.9 Å². The molecule has 1 N–H and O–H groups in total. The average Bonchev–Trinajstić information content (AvgIpc) is 3.31. The van der Waals surface area contributed by atoms with Crippen LogP contribution in [0.5, 0.6) is 0 Å². The van der Waals surface area contributed by atoms with Crippen LogP contribution in [0, 0.1) is 0 Å². The Kier molecular flexibility index (Phi) is 6.22. The van der Waals surface area contributed by atoms with Gasteiger partial charge in [0.15, 0.2) is 0 Å². The third-order valence-corrected chi connectivity index (χ3v) is 4.98. The van der Waals surface area contributed by atoms with Crippen molar-refractivity contribution in [1.82, 2.24) is 25.1 Å². The van der Waals surface area contributed by atoms with Crippen LogP contribution in [-0.4, -0.2) is 26.3 Å². The maximum atomic E-state index is 5.96. The Hall–Kier alpha value is -2.47. The number of hydrogen-bond acceptors (Lipinski definition) is 5. The molecule has 29 heavy (non-hydrogen) atoms. The highest BCUT2D eigenvalue weighted by Gasteiger charge is 2.22. The molecule has 0 spiro atoms. The highest BCUT2D eigenvalue weighted by Crippen LogP contribution is 2.33. The van der Waals surface area contributed by atoms with Gasteiger partial charge in [0.05, 0.1) is 12.9 Å². The zero-order chi connectivity index (χ0) is 21.1. The van der Waals surface area contributed by atoms with E-state index in [1.807, 2.05) is 12.5 Å². The minimum atomic E-state index is 0.0512. The van der Waals surface area contributed by atoms with Crippen molar-refractivity contribution in [3.63, 3.8) is 0 Å². The van der Waals surface area contributed by atoms with Crippen LogP contribution < -0.4 is 5.32 Å². The van der Waals surface area contributed by atoms with Gasteiger partial charge in [-0.25, -0.2) is 4.98 Å². The van der Waals surface area contributed by atoms with Crippen molar-refractivity contribution in [2.75, 3.05) is 6.54 Å². The van der Waals surface area contributed by atoms with Gasteiger partial charge in [0, 0.05) is 24.5 Å². The minimum Gasteiger partial charge on any atom is -0.419 e. The van der Waals surface area contributed by atoms with Gasteiger partial charge in [-0.05, 0) is 47.1 Å². The lowest BCUT2D eigenvalue weighted by molar-refractivity contribution is 0.469. The number of nitrogens with one attached hydrogen (secondary N) is 1. The van der Waals surface area contributed by atoms with Gasteiger partial charge >= 0.3 is 0 Å². The summed E-state index contributed by atoms with van der Waals surface area (Å²) in [6, 6.07) is 6.64. The van der Waals surface area contributed by atoms with Crippen molar-refractivity contribution in [3.8, 4) is 11.5 Å². The summed E-state index contributed by atoms with van der Waals surface area (Å²) >= 11 is 0. The number of hydrogen-bond donors (Lipinski definition) is 1. The van der Waals surface area contributed by atoms with Gasteiger partial charge in [-0.3, -0.25) is 0 Å². The van der Waals surface area contributed by atoms with Crippen molar-refractivity contribution >= 4 is 0 Å². The summed E-state index contributed by atoms with van der Waals surface area (Å²) in [5.74, 6) is 1.19. The number of aryl methyl sites for hydroxylation is 1. The fourth-order valence-electron chi connectivity index (χ4n) is 3.06. The molecule has 6 heteroatoms. The standard InChI is InChI=1S/C23H33N5O/c1-22(2,3)18-12-17(13-19(14-18)23(4,5)6)21-27-26-20(29-21)15-24-8-7-10-28-11-9-25-16-28/h9,11-14,16,24H,7-8,10,15H2,1-6H3. The molecular formula is C23H33N5O. The van der Waals surface area contributed by atoms with Gasteiger partial charge < -0.3 is 14.3 Å². The summed E-state index contributed by atoms with van der Waals surface area (Å²) in [6.45, 7) is 15.8. The Balaban J connectivity index is 1.67. The van der Waals surface area contributed by atoms with Gasteiger partial charge in [0.2, 0.25) is 11.8 Å². The molecule has 0 fully saturated rings. The van der Waals surface area contributed by atoms with E-state index in [1.165, 1.54) is 11.1 Å². The number of benzene rings is 1. The second-order valence-corrected chi connectivity index (χ2v) is 9.63. The Morgan fingerprint density at radius 2 is 1.66 bits per heavy atom. The molecule has 0 amide bonds. The van der Waals surface area contributed by atoms with E-state index in [2.05, 4.69) is 84.8 Å². The fourth-order valence-corrected chi connectivity index (χ4v) is 3.06. The molecule has 2 heterocycles. The highest BCUT2D eigenvalue weighted by molar-refractivity contribution is 5.57. The quantitative estimate of drug-likeness (QED) is 0.587. The molecule has 0 unspecified atom stereocenters. The summed E-state index contributed by atoms with van der Waals surface area (Å²) in [7, 11) is 0. The molecule has 2 aromatic heterocycles. The van der Waals surface area contributed by atoms with Gasteiger partial charge in [0.25, 0.3) is 0 Å². The summed E-state index contributed by atoms with van der Waals surface area (Å²) in [6.07, 6.45) is 6.62. The molecule has 6 nitrogen and oxygen atoms in total. The molecule has 156 valence electrons. The first-order valence-corrected chi connectivity index (χ1v) is 10.3. The lowest BCUT2D eigenvalue weighted by atomic mass is 9.79. The van der Waals surface area contributed by atoms with Crippen molar-refractivity contribution < 1.29 is 4.42 Å².